The Hall–Kier alpha value is -1.39. The van der Waals surface area contributed by atoms with Crippen LogP contribution in [0.5, 0.6) is 0 Å². The molecule has 0 aliphatic heterocycles. The zero-order valence-electron chi connectivity index (χ0n) is 8.11. The summed E-state index contributed by atoms with van der Waals surface area (Å²) in [4.78, 5) is 13.3. The number of carbonyl (C=O) groups is 1. The minimum absolute atomic E-state index is 0.0944. The maximum Gasteiger partial charge on any atom is 0.276 e. The van der Waals surface area contributed by atoms with E-state index in [0.717, 1.165) is 6.42 Å². The van der Waals surface area contributed by atoms with Gasteiger partial charge >= 0.3 is 0 Å². The molecule has 0 radical (unpaired) electrons. The molecule has 0 aliphatic rings. The molecule has 1 atom stereocenters. The smallest absolute Gasteiger partial charge is 0.276 e. The molecule has 1 aromatic rings. The molecule has 0 aliphatic carbocycles. The maximum absolute atomic E-state index is 11.6. The Kier molecular flexibility index (Phi) is 3.00. The lowest BCUT2D eigenvalue weighted by Crippen LogP contribution is -2.34. The molecule has 0 fully saturated rings. The van der Waals surface area contributed by atoms with Crippen molar-refractivity contribution in [1.29, 1.82) is 0 Å². The topological polar surface area (TPSA) is 61.9 Å². The second-order valence-electron chi connectivity index (χ2n) is 3.03. The van der Waals surface area contributed by atoms with Crippen LogP contribution in [0.1, 0.15) is 30.8 Å². The summed E-state index contributed by atoms with van der Waals surface area (Å²) in [6, 6.07) is 0.226. The molecule has 1 amide bonds. The largest absolute Gasteiger partial charge is 0.338 e. The summed E-state index contributed by atoms with van der Waals surface area (Å²) in [5, 5.41) is 9.73. The Labute approximate surface area is 77.1 Å². The first-order chi connectivity index (χ1) is 6.16. The van der Waals surface area contributed by atoms with Gasteiger partial charge in [0.1, 0.15) is 0 Å². The zero-order valence-corrected chi connectivity index (χ0v) is 8.11. The number of nitrogens with one attached hydrogen (secondary N) is 1. The third-order valence-corrected chi connectivity index (χ3v) is 2.21. The number of aromatic nitrogens is 3. The van der Waals surface area contributed by atoms with Crippen LogP contribution in [0.15, 0.2) is 6.20 Å². The van der Waals surface area contributed by atoms with Crippen molar-refractivity contribution < 1.29 is 4.79 Å². The molecule has 72 valence electrons. The first kappa shape index (κ1) is 9.70. The molecule has 1 heterocycles. The van der Waals surface area contributed by atoms with Gasteiger partial charge in [-0.05, 0) is 13.3 Å². The van der Waals surface area contributed by atoms with E-state index < -0.39 is 0 Å². The van der Waals surface area contributed by atoms with E-state index in [1.807, 2.05) is 13.8 Å². The Morgan fingerprint density at radius 1 is 1.77 bits per heavy atom. The molecular weight excluding hydrogens is 168 g/mol. The van der Waals surface area contributed by atoms with E-state index >= 15 is 0 Å². The number of nitrogens with zero attached hydrogens (tertiary/aromatic N) is 3. The highest BCUT2D eigenvalue weighted by molar-refractivity contribution is 5.91. The third-order valence-electron chi connectivity index (χ3n) is 2.21. The molecule has 5 nitrogen and oxygen atoms in total. The van der Waals surface area contributed by atoms with Crippen molar-refractivity contribution in [2.24, 2.45) is 0 Å². The van der Waals surface area contributed by atoms with E-state index in [2.05, 4.69) is 15.4 Å². The zero-order chi connectivity index (χ0) is 9.84. The molecule has 1 rings (SSSR count). The van der Waals surface area contributed by atoms with Gasteiger partial charge in [-0.1, -0.05) is 6.92 Å². The highest BCUT2D eigenvalue weighted by Gasteiger charge is 2.17. The number of hydrogen-bond acceptors (Lipinski definition) is 3. The molecule has 5 heteroatoms. The second-order valence-corrected chi connectivity index (χ2v) is 3.03. The third kappa shape index (κ3) is 2.05. The molecule has 1 N–H and O–H groups in total. The van der Waals surface area contributed by atoms with Crippen molar-refractivity contribution in [1.82, 2.24) is 20.3 Å². The van der Waals surface area contributed by atoms with Crippen LogP contribution in [0.3, 0.4) is 0 Å². The Balaban J connectivity index is 2.68. The van der Waals surface area contributed by atoms with Gasteiger partial charge in [0.2, 0.25) is 0 Å². The molecule has 0 saturated heterocycles. The Bertz CT molecular complexity index is 270. The summed E-state index contributed by atoms with van der Waals surface area (Å²) in [6.07, 6.45) is 2.36. The van der Waals surface area contributed by atoms with Gasteiger partial charge in [-0.15, -0.1) is 0 Å². The molecule has 1 unspecified atom stereocenters. The van der Waals surface area contributed by atoms with E-state index in [1.165, 1.54) is 6.20 Å². The fraction of sp³-hybridized carbons (Fsp3) is 0.625. The minimum Gasteiger partial charge on any atom is -0.338 e. The van der Waals surface area contributed by atoms with Crippen LogP contribution in [0.4, 0.5) is 0 Å². The molecular formula is C8H14N4O. The standard InChI is InChI=1S/C8H14N4O/c1-4-6(2)12(3)8(13)7-5-9-11-10-7/h5-6H,4H2,1-3H3,(H,9,10,11). The van der Waals surface area contributed by atoms with Gasteiger partial charge in [0.25, 0.3) is 5.91 Å². The van der Waals surface area contributed by atoms with Crippen LogP contribution in [0.2, 0.25) is 0 Å². The van der Waals surface area contributed by atoms with Gasteiger partial charge < -0.3 is 4.90 Å². The summed E-state index contributed by atoms with van der Waals surface area (Å²) in [6.45, 7) is 4.04. The summed E-state index contributed by atoms with van der Waals surface area (Å²) < 4.78 is 0. The lowest BCUT2D eigenvalue weighted by molar-refractivity contribution is 0.0734. The van der Waals surface area contributed by atoms with Crippen molar-refractivity contribution in [3.63, 3.8) is 0 Å². The number of carbonyl (C=O) groups excluding carboxylic acids is 1. The number of hydrogen-bond donors (Lipinski definition) is 1. The fourth-order valence-corrected chi connectivity index (χ4v) is 0.959. The first-order valence-corrected chi connectivity index (χ1v) is 4.29. The molecule has 0 spiro atoms. The molecule has 0 aromatic carbocycles. The summed E-state index contributed by atoms with van der Waals surface area (Å²) in [5.41, 5.74) is 0.364. The van der Waals surface area contributed by atoms with Crippen molar-refractivity contribution >= 4 is 5.91 Å². The molecule has 0 bridgehead atoms. The summed E-state index contributed by atoms with van der Waals surface area (Å²) >= 11 is 0. The van der Waals surface area contributed by atoms with Crippen LogP contribution in [0, 0.1) is 0 Å². The number of H-pyrrole nitrogens is 1. The number of aromatic amines is 1. The Morgan fingerprint density at radius 3 is 2.92 bits per heavy atom. The van der Waals surface area contributed by atoms with Crippen molar-refractivity contribution in [2.75, 3.05) is 7.05 Å². The highest BCUT2D eigenvalue weighted by Crippen LogP contribution is 2.04. The van der Waals surface area contributed by atoms with Crippen LogP contribution in [0.25, 0.3) is 0 Å². The maximum atomic E-state index is 11.6. The predicted octanol–water partition coefficient (Wildman–Crippen LogP) is 0.675. The predicted molar refractivity (Wildman–Crippen MR) is 48.2 cm³/mol. The van der Waals surface area contributed by atoms with Gasteiger partial charge in [-0.25, -0.2) is 0 Å². The lowest BCUT2D eigenvalue weighted by Gasteiger charge is -2.22. The molecule has 1 aromatic heterocycles. The highest BCUT2D eigenvalue weighted by atomic mass is 16.2. The van der Waals surface area contributed by atoms with Crippen molar-refractivity contribution in [2.45, 2.75) is 26.3 Å². The van der Waals surface area contributed by atoms with E-state index in [9.17, 15) is 4.79 Å². The summed E-state index contributed by atoms with van der Waals surface area (Å²) in [5.74, 6) is -0.0944. The van der Waals surface area contributed by atoms with Gasteiger partial charge in [-0.2, -0.15) is 15.4 Å². The normalized spacial score (nSPS) is 12.5. The molecule has 0 saturated carbocycles. The minimum atomic E-state index is -0.0944. The SMILES string of the molecule is CCC(C)N(C)C(=O)c1cn[nH]n1. The number of amides is 1. The Morgan fingerprint density at radius 2 is 2.46 bits per heavy atom. The quantitative estimate of drug-likeness (QED) is 0.747. The van der Waals surface area contributed by atoms with E-state index in [4.69, 9.17) is 0 Å². The van der Waals surface area contributed by atoms with E-state index in [0.29, 0.717) is 5.69 Å². The fourth-order valence-electron chi connectivity index (χ4n) is 0.959. The monoisotopic (exact) mass is 182 g/mol. The van der Waals surface area contributed by atoms with Gasteiger partial charge in [-0.3, -0.25) is 4.79 Å². The van der Waals surface area contributed by atoms with Crippen LogP contribution in [-0.2, 0) is 0 Å². The first-order valence-electron chi connectivity index (χ1n) is 4.29. The van der Waals surface area contributed by atoms with Crippen molar-refractivity contribution in [3.8, 4) is 0 Å². The van der Waals surface area contributed by atoms with Gasteiger partial charge in [0.15, 0.2) is 5.69 Å². The van der Waals surface area contributed by atoms with Gasteiger partial charge in [0.05, 0.1) is 6.20 Å². The molecule has 13 heavy (non-hydrogen) atoms. The number of rotatable bonds is 3. The average Bonchev–Trinajstić information content (AvgIpc) is 2.67. The van der Waals surface area contributed by atoms with E-state index in [-0.39, 0.29) is 11.9 Å². The van der Waals surface area contributed by atoms with Crippen LogP contribution in [-0.4, -0.2) is 39.3 Å². The average molecular weight is 182 g/mol. The van der Waals surface area contributed by atoms with Crippen molar-refractivity contribution in [3.05, 3.63) is 11.9 Å². The summed E-state index contributed by atoms with van der Waals surface area (Å²) in [7, 11) is 1.77. The lowest BCUT2D eigenvalue weighted by atomic mass is 10.2. The van der Waals surface area contributed by atoms with Gasteiger partial charge in [0, 0.05) is 13.1 Å². The van der Waals surface area contributed by atoms with Crippen LogP contribution < -0.4 is 0 Å². The second kappa shape index (κ2) is 4.02. The van der Waals surface area contributed by atoms with E-state index in [1.54, 1.807) is 11.9 Å². The van der Waals surface area contributed by atoms with Crippen LogP contribution >= 0.6 is 0 Å².